The molecule has 0 radical (unpaired) electrons. The van der Waals surface area contributed by atoms with Crippen LogP contribution in [0.25, 0.3) is 0 Å². The van der Waals surface area contributed by atoms with Crippen molar-refractivity contribution < 1.29 is 48.9 Å². The molecule has 6 atom stereocenters. The number of carboxylic acid groups (broad SMARTS) is 1. The molecule has 16 heteroatoms. The normalized spacial score (nSPS) is 14.6. The predicted molar refractivity (Wildman–Crippen MR) is 203 cm³/mol. The van der Waals surface area contributed by atoms with Gasteiger partial charge in [0, 0.05) is 12.5 Å². The second-order valence-corrected chi connectivity index (χ2v) is 15.1. The zero-order valence-electron chi connectivity index (χ0n) is 32.6. The van der Waals surface area contributed by atoms with Crippen LogP contribution in [-0.2, 0) is 40.0 Å². The molecule has 0 fully saturated rings. The number of phenols is 2. The Morgan fingerprint density at radius 3 is 1.65 bits per heavy atom. The average Bonchev–Trinajstić information content (AvgIpc) is 3.09. The highest BCUT2D eigenvalue weighted by Crippen LogP contribution is 2.26. The highest BCUT2D eigenvalue weighted by atomic mass is 16.4. The van der Waals surface area contributed by atoms with Crippen LogP contribution in [-0.4, -0.2) is 86.8 Å². The third-order valence-electron chi connectivity index (χ3n) is 8.77. The average molecular weight is 769 g/mol. The smallest absolute Gasteiger partial charge is 0.326 e. The molecule has 2 rings (SSSR count). The number of ketones is 1. The van der Waals surface area contributed by atoms with Crippen LogP contribution in [0.3, 0.4) is 0 Å². The van der Waals surface area contributed by atoms with Crippen LogP contribution in [0.1, 0.15) is 79.0 Å². The quantitative estimate of drug-likeness (QED) is 0.0870. The molecule has 0 spiro atoms. The molecule has 0 saturated heterocycles. The highest BCUT2D eigenvalue weighted by Gasteiger charge is 2.36. The van der Waals surface area contributed by atoms with Crippen molar-refractivity contribution in [2.75, 3.05) is 0 Å². The van der Waals surface area contributed by atoms with E-state index in [0.29, 0.717) is 5.56 Å². The number of carbonyl (C=O) groups excluding carboxylic acids is 6. The molecule has 0 aromatic heterocycles. The number of Topliss-reactive ketones (excluding diaryl/α,β-unsaturated/α-hetero) is 1. The summed E-state index contributed by atoms with van der Waals surface area (Å²) in [7, 11) is 0. The number of aliphatic carboxylic acids is 1. The van der Waals surface area contributed by atoms with Gasteiger partial charge in [-0.3, -0.25) is 28.8 Å². The Morgan fingerprint density at radius 1 is 0.618 bits per heavy atom. The van der Waals surface area contributed by atoms with Gasteiger partial charge in [-0.25, -0.2) is 4.79 Å². The second-order valence-electron chi connectivity index (χ2n) is 15.1. The van der Waals surface area contributed by atoms with Gasteiger partial charge >= 0.3 is 5.97 Å². The molecule has 302 valence electrons. The second kappa shape index (κ2) is 20.8. The molecule has 55 heavy (non-hydrogen) atoms. The number of aromatic hydroxyl groups is 2. The van der Waals surface area contributed by atoms with Crippen LogP contribution in [0, 0.1) is 23.7 Å². The van der Waals surface area contributed by atoms with Crippen LogP contribution < -0.4 is 32.3 Å². The molecular weight excluding hydrogens is 712 g/mol. The van der Waals surface area contributed by atoms with Gasteiger partial charge in [0.25, 0.3) is 5.91 Å². The van der Waals surface area contributed by atoms with Crippen molar-refractivity contribution in [1.29, 1.82) is 0 Å². The number of nitrogens with two attached hydrogens (primary N) is 1. The monoisotopic (exact) mass is 768 g/mol. The molecule has 0 saturated carbocycles. The summed E-state index contributed by atoms with van der Waals surface area (Å²) < 4.78 is 0. The maximum absolute atomic E-state index is 14.0. The van der Waals surface area contributed by atoms with E-state index in [1.54, 1.807) is 85.7 Å². The molecule has 0 unspecified atom stereocenters. The first-order valence-electron chi connectivity index (χ1n) is 18.2. The topological polar surface area (TPSA) is 266 Å². The van der Waals surface area contributed by atoms with Crippen LogP contribution >= 0.6 is 0 Å². The van der Waals surface area contributed by atoms with Gasteiger partial charge in [-0.15, -0.1) is 0 Å². The van der Waals surface area contributed by atoms with Crippen molar-refractivity contribution in [3.8, 4) is 11.5 Å². The van der Waals surface area contributed by atoms with E-state index in [1.807, 2.05) is 0 Å². The van der Waals surface area contributed by atoms with Crippen LogP contribution in [0.5, 0.6) is 11.5 Å². The van der Waals surface area contributed by atoms with Crippen molar-refractivity contribution in [3.63, 3.8) is 0 Å². The number of benzene rings is 2. The number of phenolic OH excluding ortho intramolecular Hbond substituents is 2. The van der Waals surface area contributed by atoms with Crippen molar-refractivity contribution in [3.05, 3.63) is 59.7 Å². The summed E-state index contributed by atoms with van der Waals surface area (Å²) in [6.07, 6.45) is -0.105. The lowest BCUT2D eigenvalue weighted by atomic mass is 9.97. The van der Waals surface area contributed by atoms with Crippen LogP contribution in [0.2, 0.25) is 0 Å². The Morgan fingerprint density at radius 2 is 1.16 bits per heavy atom. The first kappa shape index (κ1) is 45.6. The summed E-state index contributed by atoms with van der Waals surface area (Å²) in [5, 5.41) is 42.4. The van der Waals surface area contributed by atoms with Crippen LogP contribution in [0.15, 0.2) is 48.5 Å². The molecule has 0 heterocycles. The van der Waals surface area contributed by atoms with Gasteiger partial charge in [0.05, 0.1) is 6.04 Å². The number of hydrogen-bond acceptors (Lipinski definition) is 10. The molecule has 5 amide bonds. The third-order valence-corrected chi connectivity index (χ3v) is 8.77. The largest absolute Gasteiger partial charge is 0.508 e. The summed E-state index contributed by atoms with van der Waals surface area (Å²) in [5.41, 5.74) is 6.59. The minimum absolute atomic E-state index is 0.0105. The van der Waals surface area contributed by atoms with Gasteiger partial charge in [0.15, 0.2) is 0 Å². The number of amides is 5. The maximum Gasteiger partial charge on any atom is 0.326 e. The van der Waals surface area contributed by atoms with E-state index >= 15 is 0 Å². The van der Waals surface area contributed by atoms with Crippen LogP contribution in [0.4, 0.5) is 0 Å². The van der Waals surface area contributed by atoms with Gasteiger partial charge in [0.1, 0.15) is 41.7 Å². The molecular formula is C39H56N6O10. The SMILES string of the molecule is CC(C)C[C@H](NC(=O)[C@H](NC(=O)[C@@H](N)C(C)C)c1cc(O)cc(O)c1)C(=O)N[C@@H](Cc1ccccc1)C(=O)C(=O)N[C@H](C(=O)N[C@H](C(=O)O)C(C)C)C(C)C. The fourth-order valence-electron chi connectivity index (χ4n) is 5.58. The molecule has 0 aliphatic rings. The number of carboxylic acids is 1. The molecule has 0 aliphatic carbocycles. The Bertz CT molecular complexity index is 1660. The lowest BCUT2D eigenvalue weighted by molar-refractivity contribution is -0.144. The Kier molecular flexibility index (Phi) is 17.3. The molecule has 16 nitrogen and oxygen atoms in total. The van der Waals surface area contributed by atoms with E-state index in [-0.39, 0.29) is 30.2 Å². The van der Waals surface area contributed by atoms with Gasteiger partial charge in [0.2, 0.25) is 29.4 Å². The Balaban J connectivity index is 2.45. The van der Waals surface area contributed by atoms with Crippen molar-refractivity contribution >= 4 is 41.3 Å². The van der Waals surface area contributed by atoms with E-state index in [2.05, 4.69) is 26.6 Å². The Labute approximate surface area is 321 Å². The summed E-state index contributed by atoms with van der Waals surface area (Å²) >= 11 is 0. The minimum atomic E-state index is -1.53. The zero-order valence-corrected chi connectivity index (χ0v) is 32.6. The van der Waals surface area contributed by atoms with Gasteiger partial charge in [-0.05, 0) is 53.4 Å². The van der Waals surface area contributed by atoms with E-state index in [1.165, 1.54) is 0 Å². The molecule has 2 aromatic carbocycles. The summed E-state index contributed by atoms with van der Waals surface area (Å²) in [4.78, 5) is 93.1. The highest BCUT2D eigenvalue weighted by molar-refractivity contribution is 6.39. The third kappa shape index (κ3) is 14.0. The number of hydrogen-bond donors (Lipinski definition) is 9. The lowest BCUT2D eigenvalue weighted by Gasteiger charge is -2.28. The fourth-order valence-corrected chi connectivity index (χ4v) is 5.58. The standard InChI is InChI=1S/C39H56N6O10/c1-19(2)14-28(42-37(52)32(45-35(50)29(40)20(3)4)24-16-25(46)18-26(47)17-24)34(49)41-27(15-23-12-10-9-11-13-23)33(48)38(53)43-30(21(5)6)36(51)44-31(22(7)8)39(54)55/h9-13,16-22,27-32,46-47H,14-15,40H2,1-8H3,(H,41,49)(H,42,52)(H,43,53)(H,44,51)(H,45,50)(H,54,55)/t27-,28-,29-,30-,31-,32+/m0/s1. The minimum Gasteiger partial charge on any atom is -0.508 e. The maximum atomic E-state index is 14.0. The Hall–Kier alpha value is -5.51. The first-order valence-corrected chi connectivity index (χ1v) is 18.2. The number of carbonyl (C=O) groups is 7. The van der Waals surface area contributed by atoms with E-state index in [9.17, 15) is 48.9 Å². The fraction of sp³-hybridized carbons (Fsp3) is 0.513. The van der Waals surface area contributed by atoms with E-state index in [0.717, 1.165) is 18.2 Å². The number of nitrogens with one attached hydrogen (secondary N) is 5. The summed E-state index contributed by atoms with van der Waals surface area (Å²) in [6, 6.07) is 3.94. The molecule has 2 aromatic rings. The summed E-state index contributed by atoms with van der Waals surface area (Å²) in [6.45, 7) is 13.4. The van der Waals surface area contributed by atoms with E-state index < -0.39 is 101 Å². The van der Waals surface area contributed by atoms with Gasteiger partial charge in [-0.1, -0.05) is 85.7 Å². The zero-order chi connectivity index (χ0) is 41.7. The number of rotatable bonds is 20. The van der Waals surface area contributed by atoms with Gasteiger partial charge < -0.3 is 47.6 Å². The molecule has 0 aliphatic heterocycles. The predicted octanol–water partition coefficient (Wildman–Crippen LogP) is 1.43. The van der Waals surface area contributed by atoms with Gasteiger partial charge in [-0.2, -0.15) is 0 Å². The lowest BCUT2D eigenvalue weighted by Crippen LogP contribution is -2.59. The van der Waals surface area contributed by atoms with Crippen molar-refractivity contribution in [2.24, 2.45) is 29.4 Å². The molecule has 10 N–H and O–H groups in total. The van der Waals surface area contributed by atoms with Crippen molar-refractivity contribution in [1.82, 2.24) is 26.6 Å². The summed E-state index contributed by atoms with van der Waals surface area (Å²) in [5.74, 6) is -9.19. The van der Waals surface area contributed by atoms with Crippen molar-refractivity contribution in [2.45, 2.75) is 104 Å². The molecule has 0 bridgehead atoms. The van der Waals surface area contributed by atoms with E-state index in [4.69, 9.17) is 5.73 Å². The first-order chi connectivity index (χ1) is 25.6.